The van der Waals surface area contributed by atoms with Crippen molar-refractivity contribution in [2.75, 3.05) is 0 Å². The van der Waals surface area contributed by atoms with Crippen molar-refractivity contribution < 1.29 is 14.8 Å². The molecule has 0 heterocycles. The molecule has 0 bridgehead atoms. The topological polar surface area (TPSA) is 80.4 Å². The number of carboxylic acid groups (broad SMARTS) is 1. The van der Waals surface area contributed by atoms with E-state index in [4.69, 9.17) is 5.11 Å². The van der Waals surface area contributed by atoms with E-state index in [0.717, 1.165) is 6.08 Å². The Morgan fingerprint density at radius 3 is 2.33 bits per heavy atom. The standard InChI is InChI=1S/C9H6INO4/c10-8(5-9(12)13)6-1-3-7(4-2-6)11(14)15/h1-5H,(H,12,13)/b8-5-. The van der Waals surface area contributed by atoms with Crippen LogP contribution in [0.15, 0.2) is 30.3 Å². The number of rotatable bonds is 3. The fourth-order valence-electron chi connectivity index (χ4n) is 0.934. The normalized spacial score (nSPS) is 11.1. The highest BCUT2D eigenvalue weighted by atomic mass is 127. The van der Waals surface area contributed by atoms with Gasteiger partial charge in [-0.25, -0.2) is 4.79 Å². The Kier molecular flexibility index (Phi) is 3.78. The molecule has 15 heavy (non-hydrogen) atoms. The van der Waals surface area contributed by atoms with Crippen LogP contribution in [0.3, 0.4) is 0 Å². The molecule has 1 N–H and O–H groups in total. The van der Waals surface area contributed by atoms with Crippen LogP contribution < -0.4 is 0 Å². The zero-order valence-electron chi connectivity index (χ0n) is 7.38. The van der Waals surface area contributed by atoms with Gasteiger partial charge in [-0.05, 0) is 40.3 Å². The number of carboxylic acids is 1. The summed E-state index contributed by atoms with van der Waals surface area (Å²) in [4.78, 5) is 20.2. The molecule has 1 rings (SSSR count). The van der Waals surface area contributed by atoms with E-state index in [1.807, 2.05) is 22.6 Å². The molecular formula is C9H6INO4. The maximum atomic E-state index is 10.4. The Morgan fingerprint density at radius 2 is 1.93 bits per heavy atom. The number of nitrogens with zero attached hydrogens (tertiary/aromatic N) is 1. The van der Waals surface area contributed by atoms with Gasteiger partial charge in [-0.2, -0.15) is 0 Å². The first kappa shape index (κ1) is 11.6. The van der Waals surface area contributed by atoms with Crippen molar-refractivity contribution in [3.8, 4) is 0 Å². The van der Waals surface area contributed by atoms with E-state index in [1.54, 1.807) is 0 Å². The van der Waals surface area contributed by atoms with Crippen LogP contribution in [0.5, 0.6) is 0 Å². The summed E-state index contributed by atoms with van der Waals surface area (Å²) in [6.45, 7) is 0. The number of nitro groups is 1. The molecule has 1 aromatic rings. The summed E-state index contributed by atoms with van der Waals surface area (Å²) in [6, 6.07) is 5.70. The maximum Gasteiger partial charge on any atom is 0.329 e. The summed E-state index contributed by atoms with van der Waals surface area (Å²) in [5, 5.41) is 18.9. The smallest absolute Gasteiger partial charge is 0.329 e. The third kappa shape index (κ3) is 3.31. The molecule has 6 heteroatoms. The van der Waals surface area contributed by atoms with E-state index in [9.17, 15) is 14.9 Å². The van der Waals surface area contributed by atoms with Gasteiger partial charge in [0.1, 0.15) is 0 Å². The van der Waals surface area contributed by atoms with Gasteiger partial charge in [0.25, 0.3) is 5.69 Å². The molecule has 0 aliphatic rings. The first-order valence-corrected chi connectivity index (χ1v) is 4.93. The van der Waals surface area contributed by atoms with Gasteiger partial charge in [-0.1, -0.05) is 0 Å². The van der Waals surface area contributed by atoms with Crippen LogP contribution in [-0.2, 0) is 4.79 Å². The molecule has 0 aliphatic carbocycles. The van der Waals surface area contributed by atoms with E-state index < -0.39 is 10.9 Å². The monoisotopic (exact) mass is 319 g/mol. The van der Waals surface area contributed by atoms with Crippen LogP contribution in [0.4, 0.5) is 5.69 Å². The van der Waals surface area contributed by atoms with Crippen molar-refractivity contribution in [3.05, 3.63) is 46.0 Å². The van der Waals surface area contributed by atoms with Crippen molar-refractivity contribution in [1.29, 1.82) is 0 Å². The Hall–Kier alpha value is -1.44. The Morgan fingerprint density at radius 1 is 1.40 bits per heavy atom. The molecule has 0 spiro atoms. The van der Waals surface area contributed by atoms with Crippen LogP contribution in [0.1, 0.15) is 5.56 Å². The van der Waals surface area contributed by atoms with Gasteiger partial charge in [0.2, 0.25) is 0 Å². The predicted molar refractivity (Wildman–Crippen MR) is 62.7 cm³/mol. The molecule has 1 aromatic carbocycles. The Balaban J connectivity index is 2.99. The third-order valence-corrected chi connectivity index (χ3v) is 2.54. The molecule has 0 amide bonds. The van der Waals surface area contributed by atoms with E-state index in [0.29, 0.717) is 9.14 Å². The number of hydrogen-bond donors (Lipinski definition) is 1. The number of non-ortho nitro benzene ring substituents is 1. The van der Waals surface area contributed by atoms with E-state index >= 15 is 0 Å². The van der Waals surface area contributed by atoms with Crippen molar-refractivity contribution in [2.24, 2.45) is 0 Å². The lowest BCUT2D eigenvalue weighted by atomic mass is 10.2. The number of aliphatic carboxylic acids is 1. The largest absolute Gasteiger partial charge is 0.478 e. The molecule has 78 valence electrons. The van der Waals surface area contributed by atoms with E-state index in [2.05, 4.69) is 0 Å². The van der Waals surface area contributed by atoms with Crippen molar-refractivity contribution >= 4 is 37.8 Å². The highest BCUT2D eigenvalue weighted by Gasteiger charge is 2.05. The van der Waals surface area contributed by atoms with Crippen LogP contribution in [-0.4, -0.2) is 16.0 Å². The lowest BCUT2D eigenvalue weighted by molar-refractivity contribution is -0.384. The molecule has 0 saturated carbocycles. The molecule has 0 unspecified atom stereocenters. The lowest BCUT2D eigenvalue weighted by Crippen LogP contribution is -1.90. The second-order valence-electron chi connectivity index (χ2n) is 2.63. The van der Waals surface area contributed by atoms with Crippen molar-refractivity contribution in [2.45, 2.75) is 0 Å². The maximum absolute atomic E-state index is 10.4. The lowest BCUT2D eigenvalue weighted by Gasteiger charge is -1.97. The quantitative estimate of drug-likeness (QED) is 0.402. The summed E-state index contributed by atoms with van der Waals surface area (Å²) < 4.78 is 0.523. The SMILES string of the molecule is O=C(O)/C=C(\I)c1ccc([N+](=O)[O-])cc1. The average Bonchev–Trinajstić information content (AvgIpc) is 2.17. The van der Waals surface area contributed by atoms with Gasteiger partial charge in [-0.3, -0.25) is 10.1 Å². The second-order valence-corrected chi connectivity index (χ2v) is 3.80. The highest BCUT2D eigenvalue weighted by molar-refractivity contribution is 14.1. The zero-order chi connectivity index (χ0) is 11.4. The highest BCUT2D eigenvalue weighted by Crippen LogP contribution is 2.23. The first-order valence-electron chi connectivity index (χ1n) is 3.85. The number of halogens is 1. The Bertz CT molecular complexity index is 424. The second kappa shape index (κ2) is 4.87. The molecule has 5 nitrogen and oxygen atoms in total. The van der Waals surface area contributed by atoms with Gasteiger partial charge >= 0.3 is 5.97 Å². The van der Waals surface area contributed by atoms with E-state index in [1.165, 1.54) is 24.3 Å². The fraction of sp³-hybridized carbons (Fsp3) is 0. The van der Waals surface area contributed by atoms with Crippen LogP contribution in [0, 0.1) is 10.1 Å². The van der Waals surface area contributed by atoms with Gasteiger partial charge < -0.3 is 5.11 Å². The number of hydrogen-bond acceptors (Lipinski definition) is 3. The Labute approximate surface area is 98.7 Å². The summed E-state index contributed by atoms with van der Waals surface area (Å²) in [5.41, 5.74) is 0.627. The summed E-state index contributed by atoms with van der Waals surface area (Å²) in [6.07, 6.45) is 1.04. The minimum Gasteiger partial charge on any atom is -0.478 e. The van der Waals surface area contributed by atoms with Crippen LogP contribution >= 0.6 is 22.6 Å². The zero-order valence-corrected chi connectivity index (χ0v) is 9.54. The van der Waals surface area contributed by atoms with E-state index in [-0.39, 0.29) is 5.69 Å². The average molecular weight is 319 g/mol. The number of nitro benzene ring substituents is 1. The molecule has 0 fully saturated rings. The van der Waals surface area contributed by atoms with Gasteiger partial charge in [0.05, 0.1) is 4.92 Å². The first-order chi connectivity index (χ1) is 7.00. The molecular weight excluding hydrogens is 313 g/mol. The molecule has 0 aliphatic heterocycles. The van der Waals surface area contributed by atoms with Crippen molar-refractivity contribution in [3.63, 3.8) is 0 Å². The molecule has 0 atom stereocenters. The minimum absolute atomic E-state index is 0.0155. The van der Waals surface area contributed by atoms with Crippen LogP contribution in [0.25, 0.3) is 3.58 Å². The van der Waals surface area contributed by atoms with Gasteiger partial charge in [-0.15, -0.1) is 0 Å². The van der Waals surface area contributed by atoms with Crippen molar-refractivity contribution in [1.82, 2.24) is 0 Å². The molecule has 0 aromatic heterocycles. The predicted octanol–water partition coefficient (Wildman–Crippen LogP) is 2.46. The van der Waals surface area contributed by atoms with Crippen LogP contribution in [0.2, 0.25) is 0 Å². The number of carbonyl (C=O) groups is 1. The molecule has 0 saturated heterocycles. The number of benzene rings is 1. The van der Waals surface area contributed by atoms with Gasteiger partial charge in [0.15, 0.2) is 0 Å². The summed E-state index contributed by atoms with van der Waals surface area (Å²) >= 11 is 1.86. The molecule has 0 radical (unpaired) electrons. The summed E-state index contributed by atoms with van der Waals surface area (Å²) in [7, 11) is 0. The third-order valence-electron chi connectivity index (χ3n) is 1.60. The van der Waals surface area contributed by atoms with Gasteiger partial charge in [0, 0.05) is 21.8 Å². The minimum atomic E-state index is -1.04. The summed E-state index contributed by atoms with van der Waals surface area (Å²) in [5.74, 6) is -1.04. The fourth-order valence-corrected chi connectivity index (χ4v) is 1.56.